The number of nitrogens with zero attached hydrogens (tertiary/aromatic N) is 2. The first-order chi connectivity index (χ1) is 9.12. The van der Waals surface area contributed by atoms with E-state index in [9.17, 15) is 8.78 Å². The lowest BCUT2D eigenvalue weighted by Crippen LogP contribution is -2.49. The number of halogens is 3. The lowest BCUT2D eigenvalue weighted by atomic mass is 10.1. The molecule has 0 atom stereocenters. The molecule has 1 aliphatic rings. The summed E-state index contributed by atoms with van der Waals surface area (Å²) in [6.45, 7) is 3.63. The molecule has 0 saturated carbocycles. The number of hydrogen-bond acceptors (Lipinski definition) is 2. The molecule has 0 N–H and O–H groups in total. The lowest BCUT2D eigenvalue weighted by molar-refractivity contribution is -0.0469. The van der Waals surface area contributed by atoms with E-state index in [0.717, 1.165) is 19.6 Å². The van der Waals surface area contributed by atoms with Crippen LogP contribution in [-0.2, 0) is 5.92 Å². The van der Waals surface area contributed by atoms with Crippen LogP contribution in [0.25, 0.3) is 0 Å². The minimum Gasteiger partial charge on any atom is -0.300 e. The fraction of sp³-hybridized carbons (Fsp3) is 0.571. The van der Waals surface area contributed by atoms with E-state index in [0.29, 0.717) is 19.0 Å². The van der Waals surface area contributed by atoms with Gasteiger partial charge in [-0.25, -0.2) is 0 Å². The monoisotopic (exact) mass is 288 g/mol. The van der Waals surface area contributed by atoms with E-state index >= 15 is 0 Å². The van der Waals surface area contributed by atoms with Gasteiger partial charge in [-0.05, 0) is 0 Å². The first-order valence-electron chi connectivity index (χ1n) is 6.56. The van der Waals surface area contributed by atoms with E-state index in [4.69, 9.17) is 11.6 Å². The molecule has 0 aromatic heterocycles. The summed E-state index contributed by atoms with van der Waals surface area (Å²) in [5.74, 6) is -2.18. The Morgan fingerprint density at radius 2 is 1.58 bits per heavy atom. The maximum atomic E-state index is 14.1. The third-order valence-electron chi connectivity index (χ3n) is 3.48. The minimum atomic E-state index is -2.78. The Hall–Kier alpha value is -0.710. The van der Waals surface area contributed by atoms with Gasteiger partial charge in [0.25, 0.3) is 5.92 Å². The molecule has 0 spiro atoms. The van der Waals surface area contributed by atoms with Gasteiger partial charge in [-0.3, -0.25) is 9.80 Å². The molecule has 0 amide bonds. The molecule has 1 aromatic rings. The van der Waals surface area contributed by atoms with E-state index in [-0.39, 0.29) is 12.1 Å². The highest BCUT2D eigenvalue weighted by molar-refractivity contribution is 6.18. The smallest absolute Gasteiger partial charge is 0.285 e. The summed E-state index contributed by atoms with van der Waals surface area (Å²) in [5.41, 5.74) is 0.0955. The first-order valence-corrected chi connectivity index (χ1v) is 7.09. The highest BCUT2D eigenvalue weighted by atomic mass is 35.5. The number of hydrogen-bond donors (Lipinski definition) is 0. The maximum absolute atomic E-state index is 14.1. The Labute approximate surface area is 117 Å². The van der Waals surface area contributed by atoms with E-state index in [1.54, 1.807) is 18.2 Å². The second-order valence-corrected chi connectivity index (χ2v) is 5.26. The largest absolute Gasteiger partial charge is 0.300 e. The van der Waals surface area contributed by atoms with Crippen LogP contribution in [0.15, 0.2) is 30.3 Å². The number of piperazine rings is 1. The van der Waals surface area contributed by atoms with Gasteiger partial charge >= 0.3 is 0 Å². The predicted octanol–water partition coefficient (Wildman–Crippen LogP) is 2.63. The molecule has 1 aromatic carbocycles. The van der Waals surface area contributed by atoms with E-state index < -0.39 is 5.92 Å². The van der Waals surface area contributed by atoms with E-state index in [1.165, 1.54) is 12.1 Å². The van der Waals surface area contributed by atoms with Crippen LogP contribution in [0, 0.1) is 0 Å². The summed E-state index contributed by atoms with van der Waals surface area (Å²) in [7, 11) is 0. The van der Waals surface area contributed by atoms with Crippen molar-refractivity contribution in [1.29, 1.82) is 0 Å². The van der Waals surface area contributed by atoms with Crippen LogP contribution in [0.3, 0.4) is 0 Å². The zero-order valence-corrected chi connectivity index (χ0v) is 11.6. The van der Waals surface area contributed by atoms with Gasteiger partial charge in [0.1, 0.15) is 0 Å². The molecular weight excluding hydrogens is 270 g/mol. The van der Waals surface area contributed by atoms with Crippen molar-refractivity contribution in [1.82, 2.24) is 9.80 Å². The Morgan fingerprint density at radius 3 is 2.16 bits per heavy atom. The Kier molecular flexibility index (Phi) is 5.13. The predicted molar refractivity (Wildman–Crippen MR) is 73.9 cm³/mol. The SMILES string of the molecule is FC(F)(CN1CCN(CCCl)CC1)c1ccccc1. The Bertz CT molecular complexity index is 378. The molecule has 1 fully saturated rings. The quantitative estimate of drug-likeness (QED) is 0.769. The molecule has 19 heavy (non-hydrogen) atoms. The van der Waals surface area contributed by atoms with Crippen LogP contribution in [0.4, 0.5) is 8.78 Å². The second kappa shape index (κ2) is 6.64. The molecule has 0 radical (unpaired) electrons. The Balaban J connectivity index is 1.88. The molecular formula is C14H19ClF2N2. The van der Waals surface area contributed by atoms with Crippen LogP contribution in [0.1, 0.15) is 5.56 Å². The topological polar surface area (TPSA) is 6.48 Å². The molecule has 2 rings (SSSR count). The van der Waals surface area contributed by atoms with E-state index in [2.05, 4.69) is 4.90 Å². The lowest BCUT2D eigenvalue weighted by Gasteiger charge is -2.36. The average molecular weight is 289 g/mol. The number of alkyl halides is 3. The van der Waals surface area contributed by atoms with Gasteiger partial charge in [-0.2, -0.15) is 8.78 Å². The summed E-state index contributed by atoms with van der Waals surface area (Å²) in [5, 5.41) is 0. The highest BCUT2D eigenvalue weighted by Gasteiger charge is 2.34. The van der Waals surface area contributed by atoms with Gasteiger partial charge in [0.2, 0.25) is 0 Å². The summed E-state index contributed by atoms with van der Waals surface area (Å²) in [4.78, 5) is 4.04. The molecule has 106 valence electrons. The van der Waals surface area contributed by atoms with Crippen molar-refractivity contribution >= 4 is 11.6 Å². The van der Waals surface area contributed by atoms with Crippen molar-refractivity contribution in [2.45, 2.75) is 5.92 Å². The molecule has 5 heteroatoms. The normalized spacial score (nSPS) is 18.7. The molecule has 1 aliphatic heterocycles. The number of rotatable bonds is 5. The van der Waals surface area contributed by atoms with Crippen molar-refractivity contribution in [3.63, 3.8) is 0 Å². The van der Waals surface area contributed by atoms with E-state index in [1.807, 2.05) is 4.90 Å². The molecule has 1 saturated heterocycles. The van der Waals surface area contributed by atoms with Crippen molar-refractivity contribution in [3.8, 4) is 0 Å². The fourth-order valence-electron chi connectivity index (χ4n) is 2.34. The van der Waals surface area contributed by atoms with Gasteiger partial charge in [-0.15, -0.1) is 11.6 Å². The third kappa shape index (κ3) is 4.13. The molecule has 0 unspecified atom stereocenters. The first kappa shape index (κ1) is 14.7. The van der Waals surface area contributed by atoms with Crippen molar-refractivity contribution < 1.29 is 8.78 Å². The van der Waals surface area contributed by atoms with Gasteiger partial charge in [0.15, 0.2) is 0 Å². The molecule has 0 aliphatic carbocycles. The number of benzene rings is 1. The zero-order valence-electron chi connectivity index (χ0n) is 10.9. The van der Waals surface area contributed by atoms with Crippen LogP contribution in [-0.4, -0.2) is 54.9 Å². The van der Waals surface area contributed by atoms with Gasteiger partial charge in [0.05, 0.1) is 6.54 Å². The van der Waals surface area contributed by atoms with Gasteiger partial charge in [0, 0.05) is 44.2 Å². The van der Waals surface area contributed by atoms with Crippen LogP contribution in [0.2, 0.25) is 0 Å². The summed E-state index contributed by atoms with van der Waals surface area (Å²) in [6.07, 6.45) is 0. The zero-order chi connectivity index (χ0) is 13.7. The standard InChI is InChI=1S/C14H19ClF2N2/c15-6-7-18-8-10-19(11-9-18)12-14(16,17)13-4-2-1-3-5-13/h1-5H,6-12H2. The van der Waals surface area contributed by atoms with Crippen LogP contribution >= 0.6 is 11.6 Å². The van der Waals surface area contributed by atoms with Crippen molar-refractivity contribution in [2.75, 3.05) is 45.1 Å². The van der Waals surface area contributed by atoms with Gasteiger partial charge < -0.3 is 0 Å². The summed E-state index contributed by atoms with van der Waals surface area (Å²) in [6, 6.07) is 8.04. The third-order valence-corrected chi connectivity index (χ3v) is 3.65. The summed E-state index contributed by atoms with van der Waals surface area (Å²) >= 11 is 5.68. The van der Waals surface area contributed by atoms with Crippen LogP contribution < -0.4 is 0 Å². The fourth-order valence-corrected chi connectivity index (χ4v) is 2.58. The molecule has 0 bridgehead atoms. The maximum Gasteiger partial charge on any atom is 0.285 e. The molecule has 1 heterocycles. The summed E-state index contributed by atoms with van der Waals surface area (Å²) < 4.78 is 28.2. The minimum absolute atomic E-state index is 0.0955. The Morgan fingerprint density at radius 1 is 1.00 bits per heavy atom. The van der Waals surface area contributed by atoms with Crippen molar-refractivity contribution in [3.05, 3.63) is 35.9 Å². The second-order valence-electron chi connectivity index (χ2n) is 4.88. The average Bonchev–Trinajstić information content (AvgIpc) is 2.42. The van der Waals surface area contributed by atoms with Crippen LogP contribution in [0.5, 0.6) is 0 Å². The van der Waals surface area contributed by atoms with Crippen molar-refractivity contribution in [2.24, 2.45) is 0 Å². The van der Waals surface area contributed by atoms with Gasteiger partial charge in [-0.1, -0.05) is 30.3 Å². The highest BCUT2D eigenvalue weighted by Crippen LogP contribution is 2.29. The molecule has 2 nitrogen and oxygen atoms in total.